The standard InChI is InChI=1S/C20H29N3O3/c1-21-19(22-9-2-10-24-12-15-3-4-15)23-13-20(7-8-20)16-5-6-17-18(11-16)26-14-25-17/h5-6,11,15H,2-4,7-10,12-14H2,1H3,(H2,21,22,23). The highest BCUT2D eigenvalue weighted by atomic mass is 16.7. The predicted octanol–water partition coefficient (Wildman–Crippen LogP) is 2.43. The predicted molar refractivity (Wildman–Crippen MR) is 101 cm³/mol. The van der Waals surface area contributed by atoms with Crippen LogP contribution in [0.5, 0.6) is 11.5 Å². The Labute approximate surface area is 155 Å². The van der Waals surface area contributed by atoms with Crippen molar-refractivity contribution in [3.63, 3.8) is 0 Å². The van der Waals surface area contributed by atoms with Crippen LogP contribution in [0.2, 0.25) is 0 Å². The SMILES string of the molecule is CN=C(NCCCOCC1CC1)NCC1(c2ccc3c(c2)OCO3)CC1. The molecule has 0 saturated heterocycles. The minimum Gasteiger partial charge on any atom is -0.454 e. The van der Waals surface area contributed by atoms with E-state index in [2.05, 4.69) is 27.8 Å². The second-order valence-electron chi connectivity index (χ2n) is 7.57. The summed E-state index contributed by atoms with van der Waals surface area (Å²) in [5, 5.41) is 6.86. The molecule has 1 aliphatic heterocycles. The van der Waals surface area contributed by atoms with Gasteiger partial charge in [-0.25, -0.2) is 0 Å². The summed E-state index contributed by atoms with van der Waals surface area (Å²) in [6, 6.07) is 6.31. The van der Waals surface area contributed by atoms with Gasteiger partial charge in [0.05, 0.1) is 0 Å². The molecule has 0 atom stereocenters. The number of rotatable bonds is 9. The smallest absolute Gasteiger partial charge is 0.231 e. The van der Waals surface area contributed by atoms with E-state index in [9.17, 15) is 0 Å². The maximum Gasteiger partial charge on any atom is 0.231 e. The highest BCUT2D eigenvalue weighted by Gasteiger charge is 2.44. The quantitative estimate of drug-likeness (QED) is 0.403. The van der Waals surface area contributed by atoms with Crippen molar-refractivity contribution in [1.82, 2.24) is 10.6 Å². The first-order chi connectivity index (χ1) is 12.8. The maximum atomic E-state index is 5.67. The van der Waals surface area contributed by atoms with Gasteiger partial charge < -0.3 is 24.8 Å². The zero-order valence-electron chi connectivity index (χ0n) is 15.6. The molecular weight excluding hydrogens is 330 g/mol. The zero-order valence-corrected chi connectivity index (χ0v) is 15.6. The molecule has 2 N–H and O–H groups in total. The zero-order chi connectivity index (χ0) is 17.8. The van der Waals surface area contributed by atoms with Crippen LogP contribution < -0.4 is 20.1 Å². The van der Waals surface area contributed by atoms with Gasteiger partial charge in [0.1, 0.15) is 0 Å². The van der Waals surface area contributed by atoms with E-state index in [4.69, 9.17) is 14.2 Å². The molecule has 2 aliphatic carbocycles. The van der Waals surface area contributed by atoms with Gasteiger partial charge in [0.2, 0.25) is 6.79 Å². The van der Waals surface area contributed by atoms with Crippen molar-refractivity contribution in [2.24, 2.45) is 10.9 Å². The number of benzene rings is 1. The number of hydrogen-bond donors (Lipinski definition) is 2. The van der Waals surface area contributed by atoms with Gasteiger partial charge in [0.25, 0.3) is 0 Å². The molecule has 26 heavy (non-hydrogen) atoms. The fourth-order valence-electron chi connectivity index (χ4n) is 3.33. The molecule has 0 amide bonds. The van der Waals surface area contributed by atoms with E-state index in [1.165, 1.54) is 31.2 Å². The van der Waals surface area contributed by atoms with Crippen LogP contribution in [-0.2, 0) is 10.2 Å². The number of hydrogen-bond acceptors (Lipinski definition) is 4. The van der Waals surface area contributed by atoms with Crippen molar-refractivity contribution in [3.05, 3.63) is 23.8 Å². The molecular formula is C20H29N3O3. The Kier molecular flexibility index (Phi) is 5.20. The minimum atomic E-state index is 0.186. The monoisotopic (exact) mass is 359 g/mol. The molecule has 0 bridgehead atoms. The Morgan fingerprint density at radius 2 is 2.08 bits per heavy atom. The van der Waals surface area contributed by atoms with Crippen molar-refractivity contribution in [1.29, 1.82) is 0 Å². The molecule has 4 rings (SSSR count). The third-order valence-electron chi connectivity index (χ3n) is 5.46. The van der Waals surface area contributed by atoms with E-state index in [-0.39, 0.29) is 5.41 Å². The molecule has 0 radical (unpaired) electrons. The third kappa shape index (κ3) is 4.23. The average molecular weight is 359 g/mol. The van der Waals surface area contributed by atoms with E-state index < -0.39 is 0 Å². The number of ether oxygens (including phenoxy) is 3. The summed E-state index contributed by atoms with van der Waals surface area (Å²) in [5.74, 6) is 3.41. The van der Waals surface area contributed by atoms with Crippen molar-refractivity contribution in [2.75, 3.05) is 40.1 Å². The molecule has 1 heterocycles. The summed E-state index contributed by atoms with van der Waals surface area (Å²) >= 11 is 0. The lowest BCUT2D eigenvalue weighted by molar-refractivity contribution is 0.123. The van der Waals surface area contributed by atoms with Gasteiger partial charge in [0, 0.05) is 38.8 Å². The van der Waals surface area contributed by atoms with Gasteiger partial charge in [-0.2, -0.15) is 0 Å². The molecule has 1 aromatic rings. The lowest BCUT2D eigenvalue weighted by Crippen LogP contribution is -2.41. The van der Waals surface area contributed by atoms with Crippen LogP contribution >= 0.6 is 0 Å². The van der Waals surface area contributed by atoms with Crippen LogP contribution in [0.3, 0.4) is 0 Å². The summed E-state index contributed by atoms with van der Waals surface area (Å²) in [4.78, 5) is 4.34. The molecule has 2 fully saturated rings. The van der Waals surface area contributed by atoms with Crippen molar-refractivity contribution in [3.8, 4) is 11.5 Å². The van der Waals surface area contributed by atoms with Gasteiger partial charge >= 0.3 is 0 Å². The van der Waals surface area contributed by atoms with Crippen LogP contribution in [0.1, 0.15) is 37.7 Å². The molecule has 1 aromatic carbocycles. The molecule has 142 valence electrons. The summed E-state index contributed by atoms with van der Waals surface area (Å²) < 4.78 is 16.6. The van der Waals surface area contributed by atoms with E-state index in [0.29, 0.717) is 6.79 Å². The van der Waals surface area contributed by atoms with Gasteiger partial charge in [0.15, 0.2) is 17.5 Å². The second kappa shape index (κ2) is 7.74. The summed E-state index contributed by atoms with van der Waals surface area (Å²) in [6.07, 6.45) is 6.07. The molecule has 0 unspecified atom stereocenters. The average Bonchev–Trinajstić information content (AvgIpc) is 3.59. The normalized spacial score (nSPS) is 20.1. The third-order valence-corrected chi connectivity index (χ3v) is 5.46. The molecule has 6 heteroatoms. The van der Waals surface area contributed by atoms with Crippen molar-refractivity contribution < 1.29 is 14.2 Å². The number of fused-ring (bicyclic) bond motifs is 1. The van der Waals surface area contributed by atoms with Crippen LogP contribution in [0.25, 0.3) is 0 Å². The lowest BCUT2D eigenvalue weighted by atomic mass is 9.95. The van der Waals surface area contributed by atoms with Gasteiger partial charge in [-0.15, -0.1) is 0 Å². The Morgan fingerprint density at radius 3 is 2.85 bits per heavy atom. The maximum absolute atomic E-state index is 5.67. The Hall–Kier alpha value is -1.95. The Bertz CT molecular complexity index is 654. The Balaban J connectivity index is 1.20. The highest BCUT2D eigenvalue weighted by molar-refractivity contribution is 5.79. The number of aliphatic imine (C=N–C) groups is 1. The summed E-state index contributed by atoms with van der Waals surface area (Å²) in [5.41, 5.74) is 1.50. The van der Waals surface area contributed by atoms with Crippen LogP contribution in [-0.4, -0.2) is 46.1 Å². The van der Waals surface area contributed by atoms with Crippen LogP contribution in [0.15, 0.2) is 23.2 Å². The Morgan fingerprint density at radius 1 is 1.23 bits per heavy atom. The van der Waals surface area contributed by atoms with E-state index in [0.717, 1.165) is 56.1 Å². The molecule has 3 aliphatic rings. The fourth-order valence-corrected chi connectivity index (χ4v) is 3.33. The topological polar surface area (TPSA) is 64.1 Å². The van der Waals surface area contributed by atoms with Crippen molar-refractivity contribution >= 4 is 5.96 Å². The second-order valence-corrected chi connectivity index (χ2v) is 7.57. The first kappa shape index (κ1) is 17.5. The molecule has 2 saturated carbocycles. The highest BCUT2D eigenvalue weighted by Crippen LogP contribution is 2.49. The van der Waals surface area contributed by atoms with Gasteiger partial charge in [-0.1, -0.05) is 6.07 Å². The van der Waals surface area contributed by atoms with Gasteiger partial charge in [-0.05, 0) is 55.7 Å². The number of nitrogens with zero attached hydrogens (tertiary/aromatic N) is 1. The summed E-state index contributed by atoms with van der Waals surface area (Å²) in [7, 11) is 1.82. The largest absolute Gasteiger partial charge is 0.454 e. The first-order valence-electron chi connectivity index (χ1n) is 9.71. The van der Waals surface area contributed by atoms with Crippen molar-refractivity contribution in [2.45, 2.75) is 37.5 Å². The van der Waals surface area contributed by atoms with Gasteiger partial charge in [-0.3, -0.25) is 4.99 Å². The minimum absolute atomic E-state index is 0.186. The lowest BCUT2D eigenvalue weighted by Gasteiger charge is -2.19. The number of guanidine groups is 1. The fraction of sp³-hybridized carbons (Fsp3) is 0.650. The molecule has 6 nitrogen and oxygen atoms in total. The molecule has 0 aromatic heterocycles. The number of nitrogens with one attached hydrogen (secondary N) is 2. The first-order valence-corrected chi connectivity index (χ1v) is 9.71. The van der Waals surface area contributed by atoms with E-state index in [1.54, 1.807) is 0 Å². The van der Waals surface area contributed by atoms with E-state index in [1.807, 2.05) is 13.1 Å². The summed E-state index contributed by atoms with van der Waals surface area (Å²) in [6.45, 7) is 3.84. The van der Waals surface area contributed by atoms with Crippen LogP contribution in [0.4, 0.5) is 0 Å². The van der Waals surface area contributed by atoms with Crippen LogP contribution in [0, 0.1) is 5.92 Å². The molecule has 0 spiro atoms. The van der Waals surface area contributed by atoms with E-state index >= 15 is 0 Å².